The molecule has 0 spiro atoms. The van der Waals surface area contributed by atoms with Crippen LogP contribution in [0.4, 0.5) is 8.78 Å². The van der Waals surface area contributed by atoms with E-state index in [9.17, 15) is 23.5 Å². The molecule has 2 heterocycles. The minimum Gasteiger partial charge on any atom is -0.496 e. The van der Waals surface area contributed by atoms with Crippen molar-refractivity contribution in [1.82, 2.24) is 4.90 Å². The number of nitrogens with zero attached hydrogens (tertiary/aromatic N) is 1. The maximum Gasteiger partial charge on any atom is 0.307 e. The fourth-order valence-corrected chi connectivity index (χ4v) is 5.34. The van der Waals surface area contributed by atoms with Gasteiger partial charge in [0, 0.05) is 30.6 Å². The predicted molar refractivity (Wildman–Crippen MR) is 133 cm³/mol. The Morgan fingerprint density at radius 2 is 1.92 bits per heavy atom. The summed E-state index contributed by atoms with van der Waals surface area (Å²) >= 11 is 0. The minimum absolute atomic E-state index is 0.0884. The zero-order valence-corrected chi connectivity index (χ0v) is 20.4. The third-order valence-electron chi connectivity index (χ3n) is 7.17. The fraction of sp³-hybridized carbons (Fsp3) is 0.310. The van der Waals surface area contributed by atoms with E-state index in [4.69, 9.17) is 9.47 Å². The molecule has 0 aliphatic carbocycles. The first-order chi connectivity index (χ1) is 17.8. The number of methoxy groups -OCH3 is 1. The molecule has 0 aromatic heterocycles. The van der Waals surface area contributed by atoms with Crippen LogP contribution < -0.4 is 9.47 Å². The van der Waals surface area contributed by atoms with Gasteiger partial charge in [-0.1, -0.05) is 12.1 Å². The Kier molecular flexibility index (Phi) is 6.82. The summed E-state index contributed by atoms with van der Waals surface area (Å²) in [6.07, 6.45) is 1.02. The van der Waals surface area contributed by atoms with Gasteiger partial charge in [0.15, 0.2) is 0 Å². The Hall–Kier alpha value is -3.94. The Morgan fingerprint density at radius 1 is 1.08 bits per heavy atom. The highest BCUT2D eigenvalue weighted by atomic mass is 19.1. The summed E-state index contributed by atoms with van der Waals surface area (Å²) in [5, 5.41) is 9.24. The molecule has 192 valence electrons. The van der Waals surface area contributed by atoms with Gasteiger partial charge in [-0.3, -0.25) is 9.59 Å². The van der Waals surface area contributed by atoms with Crippen LogP contribution in [-0.2, 0) is 29.0 Å². The van der Waals surface area contributed by atoms with Gasteiger partial charge in [-0.25, -0.2) is 8.78 Å². The van der Waals surface area contributed by atoms with E-state index in [0.29, 0.717) is 70.9 Å². The number of amides is 1. The quantitative estimate of drug-likeness (QED) is 0.502. The molecule has 6 nitrogen and oxygen atoms in total. The molecule has 0 saturated carbocycles. The number of halogens is 2. The van der Waals surface area contributed by atoms with Crippen molar-refractivity contribution < 1.29 is 33.0 Å². The van der Waals surface area contributed by atoms with Crippen molar-refractivity contribution in [3.63, 3.8) is 0 Å². The molecular formula is C29H27F2NO5. The molecule has 5 rings (SSSR count). The Balaban J connectivity index is 1.45. The van der Waals surface area contributed by atoms with Gasteiger partial charge >= 0.3 is 5.97 Å². The Morgan fingerprint density at radius 3 is 2.70 bits per heavy atom. The number of aliphatic carboxylic acids is 1. The number of ether oxygens (including phenoxy) is 2. The number of hydrogen-bond donors (Lipinski definition) is 1. The highest BCUT2D eigenvalue weighted by Gasteiger charge is 2.30. The third kappa shape index (κ3) is 5.01. The molecule has 1 atom stereocenters. The monoisotopic (exact) mass is 507 g/mol. The largest absolute Gasteiger partial charge is 0.496 e. The van der Waals surface area contributed by atoms with Crippen LogP contribution in [0.15, 0.2) is 48.5 Å². The standard InChI is InChI=1S/C29H27F2NO5/c1-36-26-6-2-17(13-29(34)35)12-23(26)20-4-5-25(31)21-8-10-32(16-24(20)21)28(33)14-18-9-11-37-27-7-3-19(30)15-22(18)27/h2-7,12,15,18H,8-11,13-14,16H2,1H3,(H,34,35). The lowest BCUT2D eigenvalue weighted by Crippen LogP contribution is -2.37. The first kappa shape index (κ1) is 24.7. The van der Waals surface area contributed by atoms with Gasteiger partial charge in [0.25, 0.3) is 0 Å². The van der Waals surface area contributed by atoms with Crippen LogP contribution >= 0.6 is 0 Å². The van der Waals surface area contributed by atoms with Gasteiger partial charge in [-0.05, 0) is 77.4 Å². The van der Waals surface area contributed by atoms with E-state index in [1.54, 1.807) is 35.2 Å². The van der Waals surface area contributed by atoms with Crippen LogP contribution in [0.1, 0.15) is 41.0 Å². The molecule has 2 aliphatic heterocycles. The number of rotatable bonds is 6. The molecule has 1 N–H and O–H groups in total. The normalized spacial score (nSPS) is 16.4. The second-order valence-electron chi connectivity index (χ2n) is 9.44. The number of hydrogen-bond acceptors (Lipinski definition) is 4. The smallest absolute Gasteiger partial charge is 0.307 e. The van der Waals surface area contributed by atoms with E-state index in [1.807, 2.05) is 0 Å². The molecule has 1 amide bonds. The molecule has 8 heteroatoms. The van der Waals surface area contributed by atoms with Gasteiger partial charge < -0.3 is 19.5 Å². The summed E-state index contributed by atoms with van der Waals surface area (Å²) in [6, 6.07) is 12.6. The summed E-state index contributed by atoms with van der Waals surface area (Å²) in [5.74, 6) is -0.765. The van der Waals surface area contributed by atoms with Crippen LogP contribution in [0.3, 0.4) is 0 Å². The summed E-state index contributed by atoms with van der Waals surface area (Å²) in [4.78, 5) is 26.4. The average molecular weight is 508 g/mol. The van der Waals surface area contributed by atoms with Crippen LogP contribution in [0.5, 0.6) is 11.5 Å². The minimum atomic E-state index is -0.955. The fourth-order valence-electron chi connectivity index (χ4n) is 5.34. The van der Waals surface area contributed by atoms with Crippen molar-refractivity contribution in [2.24, 2.45) is 0 Å². The van der Waals surface area contributed by atoms with Gasteiger partial charge in [0.1, 0.15) is 23.1 Å². The van der Waals surface area contributed by atoms with Crippen molar-refractivity contribution in [2.75, 3.05) is 20.3 Å². The van der Waals surface area contributed by atoms with Crippen LogP contribution in [0.2, 0.25) is 0 Å². The van der Waals surface area contributed by atoms with Crippen LogP contribution in [0.25, 0.3) is 11.1 Å². The molecule has 0 fully saturated rings. The summed E-state index contributed by atoms with van der Waals surface area (Å²) < 4.78 is 39.9. The molecule has 2 aliphatic rings. The van der Waals surface area contributed by atoms with Crippen molar-refractivity contribution in [3.05, 3.63) is 82.4 Å². The van der Waals surface area contributed by atoms with E-state index in [-0.39, 0.29) is 42.8 Å². The van der Waals surface area contributed by atoms with Gasteiger partial charge in [-0.15, -0.1) is 0 Å². The van der Waals surface area contributed by atoms with Crippen molar-refractivity contribution in [3.8, 4) is 22.6 Å². The maximum absolute atomic E-state index is 14.8. The molecule has 0 saturated heterocycles. The molecule has 0 bridgehead atoms. The molecule has 37 heavy (non-hydrogen) atoms. The van der Waals surface area contributed by atoms with Crippen molar-refractivity contribution in [2.45, 2.75) is 38.1 Å². The first-order valence-corrected chi connectivity index (χ1v) is 12.2. The van der Waals surface area contributed by atoms with E-state index in [1.165, 1.54) is 25.3 Å². The number of carboxylic acid groups (broad SMARTS) is 1. The van der Waals surface area contributed by atoms with Gasteiger partial charge in [0.05, 0.1) is 20.1 Å². The molecule has 0 radical (unpaired) electrons. The third-order valence-corrected chi connectivity index (χ3v) is 7.17. The lowest BCUT2D eigenvalue weighted by atomic mass is 9.87. The zero-order chi connectivity index (χ0) is 26.1. The van der Waals surface area contributed by atoms with Crippen LogP contribution in [-0.4, -0.2) is 42.1 Å². The molecular weight excluding hydrogens is 480 g/mol. The van der Waals surface area contributed by atoms with E-state index < -0.39 is 5.97 Å². The lowest BCUT2D eigenvalue weighted by molar-refractivity contribution is -0.136. The van der Waals surface area contributed by atoms with Gasteiger partial charge in [0.2, 0.25) is 5.91 Å². The average Bonchev–Trinajstić information content (AvgIpc) is 2.88. The second kappa shape index (κ2) is 10.2. The second-order valence-corrected chi connectivity index (χ2v) is 9.44. The summed E-state index contributed by atoms with van der Waals surface area (Å²) in [5.41, 5.74) is 3.88. The Bertz CT molecular complexity index is 1370. The first-order valence-electron chi connectivity index (χ1n) is 12.2. The lowest BCUT2D eigenvalue weighted by Gasteiger charge is -2.33. The summed E-state index contributed by atoms with van der Waals surface area (Å²) in [7, 11) is 1.52. The van der Waals surface area contributed by atoms with Crippen molar-refractivity contribution in [1.29, 1.82) is 0 Å². The SMILES string of the molecule is COc1ccc(CC(=O)O)cc1-c1ccc(F)c2c1CN(C(=O)CC1CCOc3ccc(F)cc31)CC2. The number of fused-ring (bicyclic) bond motifs is 2. The Labute approximate surface area is 213 Å². The van der Waals surface area contributed by atoms with Crippen LogP contribution in [0, 0.1) is 11.6 Å². The predicted octanol–water partition coefficient (Wildman–Crippen LogP) is 5.11. The van der Waals surface area contributed by atoms with Gasteiger partial charge in [-0.2, -0.15) is 0 Å². The van der Waals surface area contributed by atoms with E-state index in [0.717, 1.165) is 0 Å². The summed E-state index contributed by atoms with van der Waals surface area (Å²) in [6.45, 7) is 1.05. The molecule has 3 aromatic rings. The topological polar surface area (TPSA) is 76.1 Å². The number of benzene rings is 3. The highest BCUT2D eigenvalue weighted by Crippen LogP contribution is 2.40. The molecule has 1 unspecified atom stereocenters. The van der Waals surface area contributed by atoms with E-state index >= 15 is 0 Å². The highest BCUT2D eigenvalue weighted by molar-refractivity contribution is 5.80. The number of carbonyl (C=O) groups is 2. The number of carboxylic acids is 1. The van der Waals surface area contributed by atoms with E-state index in [2.05, 4.69) is 0 Å². The zero-order valence-electron chi connectivity index (χ0n) is 20.4. The van der Waals surface area contributed by atoms with Crippen molar-refractivity contribution >= 4 is 11.9 Å². The molecule has 3 aromatic carbocycles. The number of carbonyl (C=O) groups excluding carboxylic acids is 1. The maximum atomic E-state index is 14.8.